The minimum atomic E-state index is -0.352. The number of carbonyl (C=O) groups is 1. The summed E-state index contributed by atoms with van der Waals surface area (Å²) in [5.74, 6) is -0.352. The molecule has 2 saturated heterocycles. The topological polar surface area (TPSA) is 98.8 Å². The van der Waals surface area contributed by atoms with Gasteiger partial charge in [-0.25, -0.2) is 4.39 Å². The number of rotatable bonds is 6. The van der Waals surface area contributed by atoms with Gasteiger partial charge in [0.25, 0.3) is 6.47 Å². The number of nitrogens with one attached hydrogen (secondary N) is 1. The van der Waals surface area contributed by atoms with Gasteiger partial charge >= 0.3 is 0 Å². The van der Waals surface area contributed by atoms with E-state index < -0.39 is 0 Å². The predicted octanol–water partition coefficient (Wildman–Crippen LogP) is 2.74. The van der Waals surface area contributed by atoms with E-state index >= 15 is 0 Å². The van der Waals surface area contributed by atoms with Crippen LogP contribution in [0.5, 0.6) is 0 Å². The molecule has 1 saturated carbocycles. The summed E-state index contributed by atoms with van der Waals surface area (Å²) >= 11 is 0. The van der Waals surface area contributed by atoms with Gasteiger partial charge in [0, 0.05) is 68.4 Å². The first kappa shape index (κ1) is 26.1. The van der Waals surface area contributed by atoms with Crippen LogP contribution in [0.4, 0.5) is 10.1 Å². The smallest absolute Gasteiger partial charge is 0.293 e. The summed E-state index contributed by atoms with van der Waals surface area (Å²) in [7, 11) is 2.21. The van der Waals surface area contributed by atoms with Crippen LogP contribution in [0.15, 0.2) is 18.0 Å². The van der Waals surface area contributed by atoms with Gasteiger partial charge < -0.3 is 25.7 Å². The summed E-state index contributed by atoms with van der Waals surface area (Å²) in [6.45, 7) is 12.3. The molecule has 1 atom stereocenters. The molecule has 2 aliphatic heterocycles. The minimum absolute atomic E-state index is 0.352. The SMILES string of the molecule is CC(=N)/C(=C(/C)N)c1ncc(F)cc1N1CCN(C2CCC3(C2)CN(C)C3)CC1.CCOC=O. The zero-order chi connectivity index (χ0) is 24.9. The second kappa shape index (κ2) is 11.3. The van der Waals surface area contributed by atoms with Crippen LogP contribution in [0, 0.1) is 16.6 Å². The van der Waals surface area contributed by atoms with Gasteiger partial charge in [0.15, 0.2) is 0 Å². The number of carbonyl (C=O) groups excluding carboxylic acids is 1. The molecule has 3 N–H and O–H groups in total. The highest BCUT2D eigenvalue weighted by molar-refractivity contribution is 6.22. The lowest BCUT2D eigenvalue weighted by molar-refractivity contribution is -0.128. The van der Waals surface area contributed by atoms with Crippen molar-refractivity contribution in [2.24, 2.45) is 11.1 Å². The van der Waals surface area contributed by atoms with Gasteiger partial charge in [0.05, 0.1) is 24.2 Å². The second-order valence-electron chi connectivity index (χ2n) is 9.85. The Hall–Kier alpha value is -2.52. The highest BCUT2D eigenvalue weighted by Crippen LogP contribution is 2.46. The Labute approximate surface area is 202 Å². The van der Waals surface area contributed by atoms with Crippen LogP contribution in [0.2, 0.25) is 0 Å². The van der Waals surface area contributed by atoms with Crippen molar-refractivity contribution in [1.82, 2.24) is 14.8 Å². The number of nitrogens with zero attached hydrogens (tertiary/aromatic N) is 4. The van der Waals surface area contributed by atoms with Crippen molar-refractivity contribution in [3.8, 4) is 0 Å². The first-order valence-electron chi connectivity index (χ1n) is 12.1. The lowest BCUT2D eigenvalue weighted by Crippen LogP contribution is -2.54. The molecule has 3 heterocycles. The number of halogens is 1. The molecule has 1 spiro atoms. The van der Waals surface area contributed by atoms with Crippen LogP contribution in [0.3, 0.4) is 0 Å². The Morgan fingerprint density at radius 1 is 1.32 bits per heavy atom. The van der Waals surface area contributed by atoms with Gasteiger partial charge in [0.1, 0.15) is 5.82 Å². The molecule has 1 unspecified atom stereocenters. The third-order valence-corrected chi connectivity index (χ3v) is 7.13. The van der Waals surface area contributed by atoms with Crippen LogP contribution in [-0.4, -0.2) is 85.9 Å². The molecule has 0 bridgehead atoms. The molecule has 1 aromatic heterocycles. The highest BCUT2D eigenvalue weighted by atomic mass is 19.1. The van der Waals surface area contributed by atoms with Gasteiger partial charge in [-0.3, -0.25) is 14.7 Å². The van der Waals surface area contributed by atoms with Crippen molar-refractivity contribution in [3.63, 3.8) is 0 Å². The Balaban J connectivity index is 0.000000588. The third kappa shape index (κ3) is 5.93. The van der Waals surface area contributed by atoms with E-state index in [4.69, 9.17) is 11.1 Å². The summed E-state index contributed by atoms with van der Waals surface area (Å²) in [5.41, 5.74) is 9.47. The molecule has 3 aliphatic rings. The zero-order valence-electron chi connectivity index (χ0n) is 20.9. The first-order chi connectivity index (χ1) is 16.2. The maximum atomic E-state index is 14.0. The Morgan fingerprint density at radius 2 is 2.00 bits per heavy atom. The van der Waals surface area contributed by atoms with Crippen molar-refractivity contribution < 1.29 is 13.9 Å². The third-order valence-electron chi connectivity index (χ3n) is 7.13. The quantitative estimate of drug-likeness (QED) is 0.483. The summed E-state index contributed by atoms with van der Waals surface area (Å²) in [4.78, 5) is 20.8. The molecule has 0 amide bonds. The standard InChI is InChI=1S/C22H33FN6.C3H6O2/c1-15(24)20(16(2)25)21-19(10-17(23)12-26-21)29-8-6-28(7-9-29)18-4-5-22(11-18)13-27(3)14-22;1-2-5-3-4/h10,12,18,24H,4-9,11,13-14,25H2,1-3H3;3H,2H2,1H3/b20-16+,24-15?;. The number of nitrogens with two attached hydrogens (primary N) is 1. The van der Waals surface area contributed by atoms with Crippen molar-refractivity contribution in [2.75, 3.05) is 57.8 Å². The molecular formula is C25H39FN6O2. The van der Waals surface area contributed by atoms with Crippen LogP contribution in [0.1, 0.15) is 45.7 Å². The fourth-order valence-corrected chi connectivity index (χ4v) is 5.79. The molecule has 4 rings (SSSR count). The summed E-state index contributed by atoms with van der Waals surface area (Å²) in [6, 6.07) is 2.22. The number of allylic oxidation sites excluding steroid dienone is 2. The van der Waals surface area contributed by atoms with E-state index in [9.17, 15) is 9.18 Å². The molecule has 3 fully saturated rings. The number of pyridine rings is 1. The van der Waals surface area contributed by atoms with E-state index in [0.717, 1.165) is 31.9 Å². The monoisotopic (exact) mass is 474 g/mol. The number of hydrogen-bond acceptors (Lipinski definition) is 8. The fraction of sp³-hybridized carbons (Fsp3) is 0.640. The van der Waals surface area contributed by atoms with E-state index in [0.29, 0.717) is 47.2 Å². The molecule has 0 aromatic carbocycles. The highest BCUT2D eigenvalue weighted by Gasteiger charge is 2.48. The van der Waals surface area contributed by atoms with Crippen molar-refractivity contribution in [2.45, 2.75) is 46.1 Å². The van der Waals surface area contributed by atoms with Crippen molar-refractivity contribution in [1.29, 1.82) is 5.41 Å². The first-order valence-corrected chi connectivity index (χ1v) is 12.1. The Bertz CT molecular complexity index is 903. The summed E-state index contributed by atoms with van der Waals surface area (Å²) < 4.78 is 18.2. The van der Waals surface area contributed by atoms with E-state index in [1.807, 2.05) is 0 Å². The van der Waals surface area contributed by atoms with Crippen LogP contribution in [0.25, 0.3) is 5.57 Å². The van der Waals surface area contributed by atoms with Gasteiger partial charge in [-0.2, -0.15) is 0 Å². The molecule has 8 nitrogen and oxygen atoms in total. The lowest BCUT2D eigenvalue weighted by Gasteiger charge is -2.47. The van der Waals surface area contributed by atoms with E-state index in [2.05, 4.69) is 31.5 Å². The van der Waals surface area contributed by atoms with Crippen LogP contribution >= 0.6 is 0 Å². The number of aromatic nitrogens is 1. The van der Waals surface area contributed by atoms with E-state index in [1.54, 1.807) is 26.8 Å². The average Bonchev–Trinajstić information content (AvgIpc) is 3.21. The molecule has 1 aliphatic carbocycles. The number of likely N-dealkylation sites (tertiary alicyclic amines) is 1. The maximum Gasteiger partial charge on any atom is 0.293 e. The van der Waals surface area contributed by atoms with E-state index in [-0.39, 0.29) is 5.82 Å². The minimum Gasteiger partial charge on any atom is -0.468 e. The zero-order valence-corrected chi connectivity index (χ0v) is 20.9. The lowest BCUT2D eigenvalue weighted by atomic mass is 9.78. The number of anilines is 1. The van der Waals surface area contributed by atoms with Gasteiger partial charge in [0.2, 0.25) is 0 Å². The van der Waals surface area contributed by atoms with Crippen molar-refractivity contribution >= 4 is 23.4 Å². The fourth-order valence-electron chi connectivity index (χ4n) is 5.79. The molecular weight excluding hydrogens is 435 g/mol. The van der Waals surface area contributed by atoms with Crippen molar-refractivity contribution in [3.05, 3.63) is 29.5 Å². The second-order valence-corrected chi connectivity index (χ2v) is 9.85. The average molecular weight is 475 g/mol. The van der Waals surface area contributed by atoms with Gasteiger partial charge in [-0.1, -0.05) is 0 Å². The maximum absolute atomic E-state index is 14.0. The molecule has 9 heteroatoms. The molecule has 188 valence electrons. The number of piperazine rings is 1. The Kier molecular flexibility index (Phi) is 8.65. The Morgan fingerprint density at radius 3 is 2.50 bits per heavy atom. The largest absolute Gasteiger partial charge is 0.468 e. The predicted molar refractivity (Wildman–Crippen MR) is 133 cm³/mol. The number of ether oxygens (including phenoxy) is 1. The van der Waals surface area contributed by atoms with Gasteiger partial charge in [-0.05, 0) is 52.5 Å². The van der Waals surface area contributed by atoms with Crippen LogP contribution < -0.4 is 10.6 Å². The van der Waals surface area contributed by atoms with Gasteiger partial charge in [-0.15, -0.1) is 0 Å². The summed E-state index contributed by atoms with van der Waals surface area (Å²) in [5, 5.41) is 8.10. The normalized spacial score (nSPS) is 23.0. The summed E-state index contributed by atoms with van der Waals surface area (Å²) in [6.07, 6.45) is 5.18. The van der Waals surface area contributed by atoms with Crippen LogP contribution in [-0.2, 0) is 9.53 Å². The molecule has 34 heavy (non-hydrogen) atoms. The number of hydrogen-bond donors (Lipinski definition) is 2. The molecule has 0 radical (unpaired) electrons. The van der Waals surface area contributed by atoms with E-state index in [1.165, 1.54) is 38.5 Å². The molecule has 1 aromatic rings.